The number of carbonyl (C=O) groups excluding carboxylic acids is 2. The van der Waals surface area contributed by atoms with Gasteiger partial charge < -0.3 is 18.8 Å². The SMILES string of the molecule is CCOC(=O)C1CC2CC(Oc3cc(-n4cccc4)ccc3C#N)CCC2CN1C(=O)OC(C)(C)C. The molecule has 192 valence electrons. The van der Waals surface area contributed by atoms with Crippen molar-refractivity contribution in [3.63, 3.8) is 0 Å². The lowest BCUT2D eigenvalue weighted by Crippen LogP contribution is -2.56. The summed E-state index contributed by atoms with van der Waals surface area (Å²) in [6, 6.07) is 11.0. The van der Waals surface area contributed by atoms with Crippen molar-refractivity contribution >= 4 is 12.1 Å². The lowest BCUT2D eigenvalue weighted by Gasteiger charge is -2.46. The van der Waals surface area contributed by atoms with Gasteiger partial charge in [0.25, 0.3) is 0 Å². The van der Waals surface area contributed by atoms with E-state index in [9.17, 15) is 14.9 Å². The van der Waals surface area contributed by atoms with E-state index >= 15 is 0 Å². The van der Waals surface area contributed by atoms with Crippen LogP contribution in [0.3, 0.4) is 0 Å². The molecule has 1 saturated heterocycles. The topological polar surface area (TPSA) is 93.8 Å². The second-order valence-corrected chi connectivity index (χ2v) is 10.6. The number of nitrogens with zero attached hydrogens (tertiary/aromatic N) is 3. The first-order chi connectivity index (χ1) is 17.2. The number of carbonyl (C=O) groups is 2. The fraction of sp³-hybridized carbons (Fsp3) is 0.536. The number of esters is 1. The minimum absolute atomic E-state index is 0.0748. The molecular formula is C28H35N3O5. The summed E-state index contributed by atoms with van der Waals surface area (Å²) in [4.78, 5) is 27.3. The Kier molecular flexibility index (Phi) is 7.58. The Balaban J connectivity index is 1.49. The summed E-state index contributed by atoms with van der Waals surface area (Å²) in [5.74, 6) is 0.635. The second-order valence-electron chi connectivity index (χ2n) is 10.6. The first kappa shape index (κ1) is 25.6. The van der Waals surface area contributed by atoms with Gasteiger partial charge in [0.05, 0.1) is 18.3 Å². The van der Waals surface area contributed by atoms with Gasteiger partial charge in [0, 0.05) is 30.7 Å². The van der Waals surface area contributed by atoms with Crippen molar-refractivity contribution in [3.8, 4) is 17.5 Å². The van der Waals surface area contributed by atoms with E-state index in [0.717, 1.165) is 24.9 Å². The molecule has 0 bridgehead atoms. The molecule has 1 amide bonds. The smallest absolute Gasteiger partial charge is 0.411 e. The Hall–Kier alpha value is -3.47. The monoisotopic (exact) mass is 493 g/mol. The minimum Gasteiger partial charge on any atom is -0.489 e. The fourth-order valence-electron chi connectivity index (χ4n) is 5.25. The molecule has 1 aromatic heterocycles. The van der Waals surface area contributed by atoms with E-state index in [1.807, 2.05) is 62.0 Å². The van der Waals surface area contributed by atoms with Crippen LogP contribution >= 0.6 is 0 Å². The number of nitriles is 1. The van der Waals surface area contributed by atoms with Crippen molar-refractivity contribution in [2.75, 3.05) is 13.2 Å². The number of likely N-dealkylation sites (tertiary alicyclic amines) is 1. The maximum Gasteiger partial charge on any atom is 0.411 e. The lowest BCUT2D eigenvalue weighted by atomic mass is 9.72. The molecule has 1 aromatic carbocycles. The molecule has 0 N–H and O–H groups in total. The number of ether oxygens (including phenoxy) is 3. The first-order valence-corrected chi connectivity index (χ1v) is 12.7. The molecule has 8 heteroatoms. The number of hydrogen-bond acceptors (Lipinski definition) is 6. The zero-order valence-corrected chi connectivity index (χ0v) is 21.5. The zero-order valence-electron chi connectivity index (χ0n) is 21.5. The summed E-state index contributed by atoms with van der Waals surface area (Å²) in [5, 5.41) is 9.63. The number of benzene rings is 1. The molecule has 8 nitrogen and oxygen atoms in total. The molecule has 4 rings (SSSR count). The number of hydrogen-bond donors (Lipinski definition) is 0. The Labute approximate surface area is 212 Å². The molecule has 2 aromatic rings. The largest absolute Gasteiger partial charge is 0.489 e. The van der Waals surface area contributed by atoms with Gasteiger partial charge in [0.2, 0.25) is 0 Å². The molecule has 0 spiro atoms. The summed E-state index contributed by atoms with van der Waals surface area (Å²) in [6.07, 6.45) is 6.29. The van der Waals surface area contributed by atoms with Gasteiger partial charge >= 0.3 is 12.1 Å². The van der Waals surface area contributed by atoms with Gasteiger partial charge in [0.1, 0.15) is 23.5 Å². The van der Waals surface area contributed by atoms with Crippen LogP contribution in [0.5, 0.6) is 5.75 Å². The van der Waals surface area contributed by atoms with Crippen LogP contribution in [-0.4, -0.2) is 52.4 Å². The number of piperidine rings is 1. The minimum atomic E-state index is -0.675. The molecule has 2 aliphatic rings. The van der Waals surface area contributed by atoms with Gasteiger partial charge in [-0.25, -0.2) is 9.59 Å². The highest BCUT2D eigenvalue weighted by molar-refractivity contribution is 5.82. The van der Waals surface area contributed by atoms with E-state index in [1.165, 1.54) is 0 Å². The molecule has 36 heavy (non-hydrogen) atoms. The molecule has 4 unspecified atom stereocenters. The van der Waals surface area contributed by atoms with Crippen LogP contribution in [0.1, 0.15) is 58.9 Å². The van der Waals surface area contributed by atoms with Crippen molar-refractivity contribution < 1.29 is 23.8 Å². The Morgan fingerprint density at radius 1 is 1.11 bits per heavy atom. The molecule has 1 aliphatic carbocycles. The van der Waals surface area contributed by atoms with Crippen LogP contribution in [0.4, 0.5) is 4.79 Å². The van der Waals surface area contributed by atoms with Crippen molar-refractivity contribution in [2.45, 2.75) is 71.1 Å². The standard InChI is InChI=1S/C28H35N3O5/c1-5-34-26(32)24-15-21-14-23(11-9-20(21)18-31(24)27(33)36-28(2,3)4)35-25-16-22(10-8-19(25)17-29)30-12-6-7-13-30/h6-8,10,12-13,16,20-21,23-24H,5,9,11,14-15,18H2,1-4H3. The van der Waals surface area contributed by atoms with E-state index in [4.69, 9.17) is 14.2 Å². The Morgan fingerprint density at radius 2 is 1.86 bits per heavy atom. The van der Waals surface area contributed by atoms with Gasteiger partial charge in [-0.15, -0.1) is 0 Å². The number of rotatable bonds is 5. The third-order valence-corrected chi connectivity index (χ3v) is 6.89. The van der Waals surface area contributed by atoms with Gasteiger partial charge in [-0.1, -0.05) is 0 Å². The quantitative estimate of drug-likeness (QED) is 0.539. The van der Waals surface area contributed by atoms with Crippen molar-refractivity contribution in [1.82, 2.24) is 9.47 Å². The normalized spacial score (nSPS) is 23.8. The molecular weight excluding hydrogens is 458 g/mol. The molecule has 1 aliphatic heterocycles. The maximum atomic E-state index is 13.0. The predicted octanol–water partition coefficient (Wildman–Crippen LogP) is 5.09. The summed E-state index contributed by atoms with van der Waals surface area (Å²) < 4.78 is 19.3. The van der Waals surface area contributed by atoms with Crippen LogP contribution in [0.25, 0.3) is 5.69 Å². The summed E-state index contributed by atoms with van der Waals surface area (Å²) in [6.45, 7) is 7.94. The third kappa shape index (κ3) is 5.84. The van der Waals surface area contributed by atoms with Gasteiger partial charge in [-0.05, 0) is 89.5 Å². The predicted molar refractivity (Wildman–Crippen MR) is 134 cm³/mol. The summed E-state index contributed by atoms with van der Waals surface area (Å²) >= 11 is 0. The highest BCUT2D eigenvalue weighted by Gasteiger charge is 2.45. The zero-order chi connectivity index (χ0) is 25.9. The molecule has 4 atom stereocenters. The van der Waals surface area contributed by atoms with Crippen LogP contribution in [0.15, 0.2) is 42.7 Å². The molecule has 2 fully saturated rings. The summed E-state index contributed by atoms with van der Waals surface area (Å²) in [5.41, 5.74) is 0.777. The van der Waals surface area contributed by atoms with E-state index < -0.39 is 23.7 Å². The number of aromatic nitrogens is 1. The van der Waals surface area contributed by atoms with Crippen LogP contribution < -0.4 is 4.74 Å². The Bertz CT molecular complexity index is 1120. The average molecular weight is 494 g/mol. The lowest BCUT2D eigenvalue weighted by molar-refractivity contribution is -0.153. The van der Waals surface area contributed by atoms with Crippen molar-refractivity contribution in [1.29, 1.82) is 5.26 Å². The number of amides is 1. The van der Waals surface area contributed by atoms with Gasteiger partial charge in [-0.2, -0.15) is 5.26 Å². The molecule has 0 radical (unpaired) electrons. The highest BCUT2D eigenvalue weighted by atomic mass is 16.6. The average Bonchev–Trinajstić information content (AvgIpc) is 3.37. The number of fused-ring (bicyclic) bond motifs is 1. The van der Waals surface area contributed by atoms with Crippen LogP contribution in [-0.2, 0) is 14.3 Å². The molecule has 2 heterocycles. The first-order valence-electron chi connectivity index (χ1n) is 12.7. The molecule has 1 saturated carbocycles. The summed E-state index contributed by atoms with van der Waals surface area (Å²) in [7, 11) is 0. The van der Waals surface area contributed by atoms with Gasteiger partial charge in [-0.3, -0.25) is 4.90 Å². The van der Waals surface area contributed by atoms with E-state index in [1.54, 1.807) is 17.9 Å². The highest BCUT2D eigenvalue weighted by Crippen LogP contribution is 2.41. The van der Waals surface area contributed by atoms with Crippen molar-refractivity contribution in [2.24, 2.45) is 11.8 Å². The van der Waals surface area contributed by atoms with Crippen LogP contribution in [0.2, 0.25) is 0 Å². The van der Waals surface area contributed by atoms with Crippen LogP contribution in [0, 0.1) is 23.2 Å². The van der Waals surface area contributed by atoms with Crippen molar-refractivity contribution in [3.05, 3.63) is 48.3 Å². The second kappa shape index (κ2) is 10.7. The maximum absolute atomic E-state index is 13.0. The van der Waals surface area contributed by atoms with E-state index in [2.05, 4.69) is 6.07 Å². The fourth-order valence-corrected chi connectivity index (χ4v) is 5.25. The van der Waals surface area contributed by atoms with E-state index in [0.29, 0.717) is 24.3 Å². The van der Waals surface area contributed by atoms with Gasteiger partial charge in [0.15, 0.2) is 0 Å². The Morgan fingerprint density at radius 3 is 2.53 bits per heavy atom. The van der Waals surface area contributed by atoms with E-state index in [-0.39, 0.29) is 24.5 Å². The third-order valence-electron chi connectivity index (χ3n) is 6.89.